The van der Waals surface area contributed by atoms with Crippen molar-refractivity contribution in [3.8, 4) is 0 Å². The van der Waals surface area contributed by atoms with Crippen LogP contribution in [0, 0.1) is 0 Å². The van der Waals surface area contributed by atoms with Gasteiger partial charge in [-0.05, 0) is 24.9 Å². The number of nitrogens with zero attached hydrogens (tertiary/aromatic N) is 1. The number of carboxylic acid groups (broad SMARTS) is 1. The number of likely N-dealkylation sites (tertiary alicyclic amines) is 1. The van der Waals surface area contributed by atoms with Gasteiger partial charge in [0.15, 0.2) is 0 Å². The summed E-state index contributed by atoms with van der Waals surface area (Å²) in [6.07, 6.45) is 5.83. The Bertz CT molecular complexity index is 400. The first kappa shape index (κ1) is 11.9. The fourth-order valence-electron chi connectivity index (χ4n) is 2.21. The van der Waals surface area contributed by atoms with Gasteiger partial charge in [-0.2, -0.15) is 0 Å². The molecule has 2 rings (SSSR count). The highest BCUT2D eigenvalue weighted by atomic mass is 16.4. The van der Waals surface area contributed by atoms with Gasteiger partial charge in [-0.25, -0.2) is 0 Å². The van der Waals surface area contributed by atoms with Crippen LogP contribution in [0.15, 0.2) is 36.4 Å². The maximum Gasteiger partial charge on any atom is 0.320 e. The summed E-state index contributed by atoms with van der Waals surface area (Å²) in [7, 11) is 0. The van der Waals surface area contributed by atoms with Crippen LogP contribution in [0.4, 0.5) is 0 Å². The Kier molecular flexibility index (Phi) is 3.94. The molecule has 1 unspecified atom stereocenters. The first-order valence-corrected chi connectivity index (χ1v) is 5.96. The molecule has 1 N–H and O–H groups in total. The van der Waals surface area contributed by atoms with Gasteiger partial charge in [-0.15, -0.1) is 0 Å². The maximum absolute atomic E-state index is 11.0. The summed E-state index contributed by atoms with van der Waals surface area (Å²) in [4.78, 5) is 13.0. The van der Waals surface area contributed by atoms with Gasteiger partial charge in [-0.3, -0.25) is 9.69 Å². The molecule has 0 spiro atoms. The predicted octanol–water partition coefficient (Wildman–Crippen LogP) is 2.25. The Balaban J connectivity index is 1.90. The number of rotatable bonds is 4. The standard InChI is InChI=1S/C14H17NO2/c16-14(17)13-9-5-11-15(13)10-4-8-12-6-2-1-3-7-12/h1-4,6-8,13H,5,9-11H2,(H,16,17)/b8-4+. The smallest absolute Gasteiger partial charge is 0.320 e. The lowest BCUT2D eigenvalue weighted by Crippen LogP contribution is -2.35. The molecule has 0 aromatic heterocycles. The molecule has 90 valence electrons. The zero-order valence-electron chi connectivity index (χ0n) is 9.75. The third-order valence-electron chi connectivity index (χ3n) is 3.10. The van der Waals surface area contributed by atoms with Crippen LogP contribution in [0.5, 0.6) is 0 Å². The second-order valence-electron chi connectivity index (χ2n) is 4.30. The summed E-state index contributed by atoms with van der Waals surface area (Å²) >= 11 is 0. The van der Waals surface area contributed by atoms with Gasteiger partial charge in [0.25, 0.3) is 0 Å². The SMILES string of the molecule is O=C(O)C1CCCN1C/C=C/c1ccccc1. The first-order valence-electron chi connectivity index (χ1n) is 5.96. The van der Waals surface area contributed by atoms with Crippen molar-refractivity contribution in [2.75, 3.05) is 13.1 Å². The highest BCUT2D eigenvalue weighted by Crippen LogP contribution is 2.17. The van der Waals surface area contributed by atoms with Crippen molar-refractivity contribution in [2.24, 2.45) is 0 Å². The quantitative estimate of drug-likeness (QED) is 0.864. The van der Waals surface area contributed by atoms with Crippen molar-refractivity contribution in [2.45, 2.75) is 18.9 Å². The van der Waals surface area contributed by atoms with E-state index in [4.69, 9.17) is 5.11 Å². The highest BCUT2D eigenvalue weighted by molar-refractivity contribution is 5.73. The summed E-state index contributed by atoms with van der Waals surface area (Å²) in [6, 6.07) is 9.75. The van der Waals surface area contributed by atoms with Crippen LogP contribution in [0.1, 0.15) is 18.4 Å². The summed E-state index contributed by atoms with van der Waals surface area (Å²) in [5.74, 6) is -0.699. The Labute approximate surface area is 101 Å². The van der Waals surface area contributed by atoms with Crippen LogP contribution >= 0.6 is 0 Å². The summed E-state index contributed by atoms with van der Waals surface area (Å²) in [6.45, 7) is 1.60. The summed E-state index contributed by atoms with van der Waals surface area (Å²) in [5.41, 5.74) is 1.15. The molecular weight excluding hydrogens is 214 g/mol. The van der Waals surface area contributed by atoms with Crippen LogP contribution in [0.3, 0.4) is 0 Å². The average molecular weight is 231 g/mol. The van der Waals surface area contributed by atoms with E-state index in [0.29, 0.717) is 6.54 Å². The van der Waals surface area contributed by atoms with Crippen LogP contribution in [-0.4, -0.2) is 35.1 Å². The Morgan fingerprint density at radius 2 is 2.18 bits per heavy atom. The van der Waals surface area contributed by atoms with E-state index in [2.05, 4.69) is 0 Å². The largest absolute Gasteiger partial charge is 0.480 e. The molecule has 17 heavy (non-hydrogen) atoms. The number of hydrogen-bond acceptors (Lipinski definition) is 2. The van der Waals surface area contributed by atoms with E-state index in [1.54, 1.807) is 0 Å². The summed E-state index contributed by atoms with van der Waals surface area (Å²) in [5, 5.41) is 9.03. The zero-order valence-corrected chi connectivity index (χ0v) is 9.75. The molecule has 0 amide bonds. The minimum absolute atomic E-state index is 0.296. The van der Waals surface area contributed by atoms with Crippen molar-refractivity contribution >= 4 is 12.0 Å². The van der Waals surface area contributed by atoms with E-state index < -0.39 is 5.97 Å². The Morgan fingerprint density at radius 1 is 1.41 bits per heavy atom. The van der Waals surface area contributed by atoms with Gasteiger partial charge in [0.1, 0.15) is 6.04 Å². The van der Waals surface area contributed by atoms with Crippen LogP contribution < -0.4 is 0 Å². The number of hydrogen-bond donors (Lipinski definition) is 1. The second-order valence-corrected chi connectivity index (χ2v) is 4.30. The monoisotopic (exact) mass is 231 g/mol. The normalized spacial score (nSPS) is 21.1. The molecule has 1 heterocycles. The van der Waals surface area contributed by atoms with Crippen molar-refractivity contribution in [1.82, 2.24) is 4.90 Å². The third kappa shape index (κ3) is 3.17. The molecule has 1 aliphatic rings. The van der Waals surface area contributed by atoms with Crippen molar-refractivity contribution < 1.29 is 9.90 Å². The lowest BCUT2D eigenvalue weighted by Gasteiger charge is -2.18. The minimum atomic E-state index is -0.699. The third-order valence-corrected chi connectivity index (χ3v) is 3.10. The van der Waals surface area contributed by atoms with E-state index in [1.807, 2.05) is 47.4 Å². The Morgan fingerprint density at radius 3 is 2.88 bits per heavy atom. The second kappa shape index (κ2) is 5.64. The average Bonchev–Trinajstić information content (AvgIpc) is 2.79. The molecule has 0 aliphatic carbocycles. The topological polar surface area (TPSA) is 40.5 Å². The molecular formula is C14H17NO2. The van der Waals surface area contributed by atoms with Crippen LogP contribution in [0.2, 0.25) is 0 Å². The highest BCUT2D eigenvalue weighted by Gasteiger charge is 2.29. The van der Waals surface area contributed by atoms with Gasteiger partial charge in [0.2, 0.25) is 0 Å². The number of carbonyl (C=O) groups is 1. The number of benzene rings is 1. The molecule has 1 atom stereocenters. The summed E-state index contributed by atoms with van der Waals surface area (Å²) < 4.78 is 0. The lowest BCUT2D eigenvalue weighted by atomic mass is 10.2. The van der Waals surface area contributed by atoms with Crippen LogP contribution in [0.25, 0.3) is 6.08 Å². The number of aliphatic carboxylic acids is 1. The van der Waals surface area contributed by atoms with E-state index in [-0.39, 0.29) is 6.04 Å². The minimum Gasteiger partial charge on any atom is -0.480 e. The Hall–Kier alpha value is -1.61. The first-order chi connectivity index (χ1) is 8.27. The van der Waals surface area contributed by atoms with Crippen LogP contribution in [-0.2, 0) is 4.79 Å². The van der Waals surface area contributed by atoms with E-state index >= 15 is 0 Å². The van der Waals surface area contributed by atoms with Gasteiger partial charge in [0.05, 0.1) is 0 Å². The van der Waals surface area contributed by atoms with Gasteiger partial charge in [0, 0.05) is 6.54 Å². The molecule has 1 aromatic carbocycles. The lowest BCUT2D eigenvalue weighted by molar-refractivity contribution is -0.141. The molecule has 0 bridgehead atoms. The zero-order chi connectivity index (χ0) is 12.1. The molecule has 3 heteroatoms. The molecule has 1 saturated heterocycles. The van der Waals surface area contributed by atoms with Gasteiger partial charge in [-0.1, -0.05) is 42.5 Å². The molecule has 1 aromatic rings. The fraction of sp³-hybridized carbons (Fsp3) is 0.357. The van der Waals surface area contributed by atoms with Gasteiger partial charge < -0.3 is 5.11 Å². The molecule has 0 saturated carbocycles. The van der Waals surface area contributed by atoms with E-state index in [0.717, 1.165) is 24.9 Å². The van der Waals surface area contributed by atoms with Crippen molar-refractivity contribution in [3.05, 3.63) is 42.0 Å². The maximum atomic E-state index is 11.0. The fourth-order valence-corrected chi connectivity index (χ4v) is 2.21. The van der Waals surface area contributed by atoms with E-state index in [1.165, 1.54) is 0 Å². The molecule has 3 nitrogen and oxygen atoms in total. The molecule has 1 fully saturated rings. The van der Waals surface area contributed by atoms with E-state index in [9.17, 15) is 4.79 Å². The van der Waals surface area contributed by atoms with Gasteiger partial charge >= 0.3 is 5.97 Å². The van der Waals surface area contributed by atoms with Crippen molar-refractivity contribution in [3.63, 3.8) is 0 Å². The van der Waals surface area contributed by atoms with Crippen molar-refractivity contribution in [1.29, 1.82) is 0 Å². The molecule has 0 radical (unpaired) electrons. The molecule has 1 aliphatic heterocycles. The number of carboxylic acids is 1. The predicted molar refractivity (Wildman–Crippen MR) is 67.7 cm³/mol.